The standard InChI is InChI=1S/C10H18N2O2/c1-12-8-4-2-6-9(7-3-5-8)14-10(11)13/h2,6,8-9,12H,3-5,7H2,1H3,(H2,11,13). The quantitative estimate of drug-likeness (QED) is 0.655. The number of nitrogens with two attached hydrogens (primary N) is 1. The number of amides is 1. The van der Waals surface area contributed by atoms with Gasteiger partial charge in [-0.2, -0.15) is 0 Å². The number of hydrogen-bond donors (Lipinski definition) is 2. The van der Waals surface area contributed by atoms with E-state index in [0.717, 1.165) is 25.7 Å². The third-order valence-electron chi connectivity index (χ3n) is 2.49. The van der Waals surface area contributed by atoms with Crippen molar-refractivity contribution in [2.45, 2.75) is 37.8 Å². The van der Waals surface area contributed by atoms with Crippen molar-refractivity contribution in [2.24, 2.45) is 5.73 Å². The van der Waals surface area contributed by atoms with E-state index in [0.29, 0.717) is 6.04 Å². The van der Waals surface area contributed by atoms with Crippen LogP contribution in [0.4, 0.5) is 4.79 Å². The lowest BCUT2D eigenvalue weighted by molar-refractivity contribution is 0.122. The summed E-state index contributed by atoms with van der Waals surface area (Å²) in [6.45, 7) is 0. The number of carbonyl (C=O) groups is 1. The van der Waals surface area contributed by atoms with Gasteiger partial charge in [0.1, 0.15) is 6.10 Å². The molecule has 0 heterocycles. The molecule has 0 bridgehead atoms. The first-order chi connectivity index (χ1) is 6.72. The van der Waals surface area contributed by atoms with Gasteiger partial charge in [-0.3, -0.25) is 0 Å². The normalized spacial score (nSPS) is 27.8. The Bertz CT molecular complexity index is 216. The van der Waals surface area contributed by atoms with Crippen LogP contribution in [0.15, 0.2) is 12.2 Å². The largest absolute Gasteiger partial charge is 0.442 e. The molecule has 2 atom stereocenters. The highest BCUT2D eigenvalue weighted by molar-refractivity contribution is 5.65. The van der Waals surface area contributed by atoms with Crippen LogP contribution in [0.2, 0.25) is 0 Å². The van der Waals surface area contributed by atoms with E-state index in [2.05, 4.69) is 5.32 Å². The maximum absolute atomic E-state index is 10.5. The summed E-state index contributed by atoms with van der Waals surface area (Å²) in [5.41, 5.74) is 4.96. The van der Waals surface area contributed by atoms with Gasteiger partial charge in [0.2, 0.25) is 0 Å². The molecular formula is C10H18N2O2. The van der Waals surface area contributed by atoms with Crippen molar-refractivity contribution in [3.8, 4) is 0 Å². The molecule has 0 aromatic heterocycles. The Labute approximate surface area is 84.5 Å². The molecule has 2 unspecified atom stereocenters. The van der Waals surface area contributed by atoms with E-state index in [1.54, 1.807) is 0 Å². The third-order valence-corrected chi connectivity index (χ3v) is 2.49. The topological polar surface area (TPSA) is 64.3 Å². The smallest absolute Gasteiger partial charge is 0.405 e. The van der Waals surface area contributed by atoms with Crippen LogP contribution in [-0.4, -0.2) is 25.3 Å². The molecule has 14 heavy (non-hydrogen) atoms. The lowest BCUT2D eigenvalue weighted by atomic mass is 10.0. The van der Waals surface area contributed by atoms with Crippen LogP contribution in [0, 0.1) is 0 Å². The van der Waals surface area contributed by atoms with Gasteiger partial charge < -0.3 is 15.8 Å². The van der Waals surface area contributed by atoms with Gasteiger partial charge in [0.25, 0.3) is 0 Å². The van der Waals surface area contributed by atoms with Crippen molar-refractivity contribution in [2.75, 3.05) is 7.05 Å². The fourth-order valence-corrected chi connectivity index (χ4v) is 1.68. The minimum atomic E-state index is -0.689. The van der Waals surface area contributed by atoms with E-state index >= 15 is 0 Å². The molecule has 3 N–H and O–H groups in total. The molecule has 0 fully saturated rings. The SMILES string of the molecule is CNC1CC=CC(OC(N)=O)CCC1. The van der Waals surface area contributed by atoms with E-state index in [1.165, 1.54) is 0 Å². The number of hydrogen-bond acceptors (Lipinski definition) is 3. The summed E-state index contributed by atoms with van der Waals surface area (Å²) in [6.07, 6.45) is 7.15. The van der Waals surface area contributed by atoms with Gasteiger partial charge >= 0.3 is 6.09 Å². The summed E-state index contributed by atoms with van der Waals surface area (Å²) in [7, 11) is 1.97. The monoisotopic (exact) mass is 198 g/mol. The van der Waals surface area contributed by atoms with Crippen LogP contribution >= 0.6 is 0 Å². The third kappa shape index (κ3) is 3.79. The van der Waals surface area contributed by atoms with E-state index in [-0.39, 0.29) is 6.10 Å². The summed E-state index contributed by atoms with van der Waals surface area (Å²) < 4.78 is 4.93. The molecule has 1 amide bonds. The second-order valence-corrected chi connectivity index (χ2v) is 3.56. The van der Waals surface area contributed by atoms with Crippen molar-refractivity contribution >= 4 is 6.09 Å². The maximum Gasteiger partial charge on any atom is 0.405 e. The van der Waals surface area contributed by atoms with Crippen molar-refractivity contribution in [1.82, 2.24) is 5.32 Å². The molecule has 0 aromatic rings. The Morgan fingerprint density at radius 1 is 1.57 bits per heavy atom. The first-order valence-electron chi connectivity index (χ1n) is 5.02. The average Bonchev–Trinajstić information content (AvgIpc) is 2.08. The van der Waals surface area contributed by atoms with Crippen molar-refractivity contribution < 1.29 is 9.53 Å². The highest BCUT2D eigenvalue weighted by Crippen LogP contribution is 2.14. The molecule has 0 aromatic carbocycles. The molecule has 0 aliphatic heterocycles. The van der Waals surface area contributed by atoms with Gasteiger partial charge in [-0.25, -0.2) is 4.79 Å². The van der Waals surface area contributed by atoms with Gasteiger partial charge in [0.05, 0.1) is 0 Å². The first-order valence-corrected chi connectivity index (χ1v) is 5.02. The van der Waals surface area contributed by atoms with Crippen molar-refractivity contribution in [3.63, 3.8) is 0 Å². The molecule has 0 saturated carbocycles. The maximum atomic E-state index is 10.5. The summed E-state index contributed by atoms with van der Waals surface area (Å²) in [5, 5.41) is 3.24. The molecule has 1 aliphatic carbocycles. The number of carbonyl (C=O) groups excluding carboxylic acids is 1. The van der Waals surface area contributed by atoms with Gasteiger partial charge in [0, 0.05) is 6.04 Å². The van der Waals surface area contributed by atoms with E-state index in [4.69, 9.17) is 10.5 Å². The Hall–Kier alpha value is -1.03. The Morgan fingerprint density at radius 2 is 2.36 bits per heavy atom. The Balaban J connectivity index is 2.42. The van der Waals surface area contributed by atoms with Gasteiger partial charge in [0.15, 0.2) is 0 Å². The minimum Gasteiger partial charge on any atom is -0.442 e. The van der Waals surface area contributed by atoms with E-state index < -0.39 is 6.09 Å². The molecule has 4 heteroatoms. The second-order valence-electron chi connectivity index (χ2n) is 3.56. The van der Waals surface area contributed by atoms with Gasteiger partial charge in [-0.1, -0.05) is 6.08 Å². The van der Waals surface area contributed by atoms with Gasteiger partial charge in [-0.05, 0) is 38.8 Å². The molecule has 0 spiro atoms. The predicted molar refractivity (Wildman–Crippen MR) is 54.9 cm³/mol. The minimum absolute atomic E-state index is 0.134. The zero-order valence-corrected chi connectivity index (χ0v) is 8.53. The Morgan fingerprint density at radius 3 is 3.00 bits per heavy atom. The Kier molecular flexibility index (Phi) is 4.46. The highest BCUT2D eigenvalue weighted by Gasteiger charge is 2.13. The fourth-order valence-electron chi connectivity index (χ4n) is 1.68. The summed E-state index contributed by atoms with van der Waals surface area (Å²) in [6, 6.07) is 0.542. The van der Waals surface area contributed by atoms with Crippen LogP contribution in [0.3, 0.4) is 0 Å². The molecule has 1 aliphatic rings. The number of rotatable bonds is 2. The zero-order chi connectivity index (χ0) is 10.4. The number of primary amides is 1. The van der Waals surface area contributed by atoms with Gasteiger partial charge in [-0.15, -0.1) is 0 Å². The molecule has 0 saturated heterocycles. The molecule has 4 nitrogen and oxygen atoms in total. The predicted octanol–water partition coefficient (Wildman–Crippen LogP) is 1.17. The van der Waals surface area contributed by atoms with Crippen molar-refractivity contribution in [1.29, 1.82) is 0 Å². The van der Waals surface area contributed by atoms with Crippen molar-refractivity contribution in [3.05, 3.63) is 12.2 Å². The fraction of sp³-hybridized carbons (Fsp3) is 0.700. The number of nitrogens with one attached hydrogen (secondary N) is 1. The molecule has 0 radical (unpaired) electrons. The van der Waals surface area contributed by atoms with E-state index in [9.17, 15) is 4.79 Å². The lowest BCUT2D eigenvalue weighted by Gasteiger charge is -2.19. The highest BCUT2D eigenvalue weighted by atomic mass is 16.6. The zero-order valence-electron chi connectivity index (χ0n) is 8.53. The first kappa shape index (κ1) is 11.0. The summed E-state index contributed by atoms with van der Waals surface area (Å²) in [4.78, 5) is 10.5. The van der Waals surface area contributed by atoms with Crippen LogP contribution in [0.5, 0.6) is 0 Å². The van der Waals surface area contributed by atoms with Crippen LogP contribution in [-0.2, 0) is 4.74 Å². The van der Waals surface area contributed by atoms with Crippen LogP contribution in [0.1, 0.15) is 25.7 Å². The molecular weight excluding hydrogens is 180 g/mol. The number of ether oxygens (including phenoxy) is 1. The molecule has 1 rings (SSSR count). The van der Waals surface area contributed by atoms with Crippen LogP contribution in [0.25, 0.3) is 0 Å². The summed E-state index contributed by atoms with van der Waals surface area (Å²) in [5.74, 6) is 0. The summed E-state index contributed by atoms with van der Waals surface area (Å²) >= 11 is 0. The van der Waals surface area contributed by atoms with Crippen LogP contribution < -0.4 is 11.1 Å². The molecule has 80 valence electrons. The average molecular weight is 198 g/mol. The van der Waals surface area contributed by atoms with E-state index in [1.807, 2.05) is 19.2 Å². The lowest BCUT2D eigenvalue weighted by Crippen LogP contribution is -2.27. The second kappa shape index (κ2) is 5.65.